The van der Waals surface area contributed by atoms with E-state index in [9.17, 15) is 9.18 Å². The molecular formula is C30H34FIN2O3S. The second-order valence-electron chi connectivity index (χ2n) is 10.2. The maximum atomic E-state index is 14.1. The van der Waals surface area contributed by atoms with Crippen LogP contribution in [0.1, 0.15) is 75.3 Å². The van der Waals surface area contributed by atoms with Crippen molar-refractivity contribution in [1.82, 2.24) is 4.90 Å². The monoisotopic (exact) mass is 648 g/mol. The fourth-order valence-electron chi connectivity index (χ4n) is 5.48. The number of amides is 1. The van der Waals surface area contributed by atoms with Crippen LogP contribution in [0.2, 0.25) is 0 Å². The first-order valence-corrected chi connectivity index (χ1v) is 15.5. The van der Waals surface area contributed by atoms with Gasteiger partial charge in [-0.25, -0.2) is 4.39 Å². The minimum absolute atomic E-state index is 0.0605. The van der Waals surface area contributed by atoms with E-state index in [4.69, 9.17) is 14.5 Å². The third-order valence-corrected chi connectivity index (χ3v) is 9.32. The van der Waals surface area contributed by atoms with Crippen molar-refractivity contribution >= 4 is 51.5 Å². The van der Waals surface area contributed by atoms with Crippen LogP contribution in [0.15, 0.2) is 46.3 Å². The summed E-state index contributed by atoms with van der Waals surface area (Å²) in [5.41, 5.74) is 1.35. The van der Waals surface area contributed by atoms with Crippen molar-refractivity contribution in [3.05, 3.63) is 61.8 Å². The standard InChI is InChI=1S/C30H34FIN2O3S/c1-36-26-17-20(16-25(32)28(26)37-19-21-10-8-9-15-24(21)31)18-27-29(35)34(23-13-6-3-7-14-23)30(38-27)33-22-11-4-2-5-12-22/h8-10,15-18,22-23H,2-7,11-14,19H2,1H3. The van der Waals surface area contributed by atoms with Crippen molar-refractivity contribution in [2.75, 3.05) is 7.11 Å². The Kier molecular flexibility index (Phi) is 9.30. The molecule has 8 heteroatoms. The van der Waals surface area contributed by atoms with Gasteiger partial charge >= 0.3 is 0 Å². The minimum atomic E-state index is -0.298. The van der Waals surface area contributed by atoms with E-state index in [2.05, 4.69) is 22.6 Å². The second-order valence-corrected chi connectivity index (χ2v) is 12.4. The molecule has 0 radical (unpaired) electrons. The molecule has 3 aliphatic rings. The summed E-state index contributed by atoms with van der Waals surface area (Å²) >= 11 is 3.72. The van der Waals surface area contributed by atoms with Crippen LogP contribution in [0.3, 0.4) is 0 Å². The fourth-order valence-corrected chi connectivity index (χ4v) is 7.37. The predicted octanol–water partition coefficient (Wildman–Crippen LogP) is 7.96. The lowest BCUT2D eigenvalue weighted by Crippen LogP contribution is -2.41. The van der Waals surface area contributed by atoms with Gasteiger partial charge in [0.1, 0.15) is 12.4 Å². The van der Waals surface area contributed by atoms with Gasteiger partial charge in [-0.3, -0.25) is 14.7 Å². The van der Waals surface area contributed by atoms with Crippen molar-refractivity contribution in [1.29, 1.82) is 0 Å². The number of halogens is 2. The lowest BCUT2D eigenvalue weighted by molar-refractivity contribution is -0.124. The highest BCUT2D eigenvalue weighted by Gasteiger charge is 2.39. The Morgan fingerprint density at radius 1 is 1.08 bits per heavy atom. The topological polar surface area (TPSA) is 51.1 Å². The predicted molar refractivity (Wildman–Crippen MR) is 160 cm³/mol. The van der Waals surface area contributed by atoms with E-state index in [-0.39, 0.29) is 24.4 Å². The van der Waals surface area contributed by atoms with Gasteiger partial charge in [0.15, 0.2) is 16.7 Å². The molecule has 1 heterocycles. The summed E-state index contributed by atoms with van der Waals surface area (Å²) < 4.78 is 26.5. The zero-order valence-electron chi connectivity index (χ0n) is 21.8. The summed E-state index contributed by atoms with van der Waals surface area (Å²) in [7, 11) is 1.59. The number of ether oxygens (including phenoxy) is 2. The summed E-state index contributed by atoms with van der Waals surface area (Å²) in [6.45, 7) is 0.102. The number of nitrogens with zero attached hydrogens (tertiary/aromatic N) is 2. The van der Waals surface area contributed by atoms with E-state index < -0.39 is 0 Å². The van der Waals surface area contributed by atoms with Crippen LogP contribution in [0.25, 0.3) is 6.08 Å². The maximum Gasteiger partial charge on any atom is 0.266 e. The van der Waals surface area contributed by atoms with Crippen molar-refractivity contribution < 1.29 is 18.7 Å². The molecular weight excluding hydrogens is 614 g/mol. The number of aliphatic imine (C=N–C) groups is 1. The molecule has 2 aliphatic carbocycles. The molecule has 2 aromatic rings. The van der Waals surface area contributed by atoms with Crippen LogP contribution in [0.5, 0.6) is 11.5 Å². The van der Waals surface area contributed by atoms with Crippen molar-refractivity contribution in [2.24, 2.45) is 4.99 Å². The Morgan fingerprint density at radius 3 is 2.50 bits per heavy atom. The summed E-state index contributed by atoms with van der Waals surface area (Å²) in [5.74, 6) is 0.876. The van der Waals surface area contributed by atoms with Gasteiger partial charge in [0.25, 0.3) is 5.91 Å². The summed E-state index contributed by atoms with van der Waals surface area (Å²) in [5, 5.41) is 0.881. The fraction of sp³-hybridized carbons (Fsp3) is 0.467. The van der Waals surface area contributed by atoms with Crippen LogP contribution in [0.4, 0.5) is 4.39 Å². The first-order valence-electron chi connectivity index (χ1n) is 13.6. The highest BCUT2D eigenvalue weighted by atomic mass is 127. The molecule has 2 saturated carbocycles. The second kappa shape index (κ2) is 12.9. The van der Waals surface area contributed by atoms with Gasteiger partial charge in [-0.15, -0.1) is 0 Å². The summed E-state index contributed by atoms with van der Waals surface area (Å²) in [6.07, 6.45) is 13.5. The van der Waals surface area contributed by atoms with Gasteiger partial charge in [-0.1, -0.05) is 56.7 Å². The van der Waals surface area contributed by atoms with E-state index in [1.54, 1.807) is 25.3 Å². The van der Waals surface area contributed by atoms with Crippen LogP contribution in [-0.2, 0) is 11.4 Å². The third-order valence-electron chi connectivity index (χ3n) is 7.52. The normalized spacial score (nSPS) is 21.4. The number of hydrogen-bond acceptors (Lipinski definition) is 5. The van der Waals surface area contributed by atoms with Gasteiger partial charge in [-0.2, -0.15) is 0 Å². The number of carbonyl (C=O) groups excluding carboxylic acids is 1. The van der Waals surface area contributed by atoms with Crippen LogP contribution in [-0.4, -0.2) is 35.2 Å². The van der Waals surface area contributed by atoms with Crippen LogP contribution >= 0.6 is 34.4 Å². The highest BCUT2D eigenvalue weighted by Crippen LogP contribution is 2.40. The molecule has 3 fully saturated rings. The van der Waals surface area contributed by atoms with Crippen molar-refractivity contribution in [3.63, 3.8) is 0 Å². The molecule has 1 aliphatic heterocycles. The molecule has 38 heavy (non-hydrogen) atoms. The molecule has 0 spiro atoms. The minimum Gasteiger partial charge on any atom is -0.493 e. The molecule has 5 rings (SSSR count). The number of amidine groups is 1. The summed E-state index contributed by atoms with van der Waals surface area (Å²) in [6, 6.07) is 11.0. The molecule has 0 N–H and O–H groups in total. The van der Waals surface area contributed by atoms with Crippen molar-refractivity contribution in [3.8, 4) is 11.5 Å². The molecule has 0 bridgehead atoms. The van der Waals surface area contributed by atoms with Crippen molar-refractivity contribution in [2.45, 2.75) is 82.9 Å². The SMILES string of the molecule is COc1cc(C=C2SC(=NC3CCCCC3)N(C3CCCCC3)C2=O)cc(I)c1OCc1ccccc1F. The average molecular weight is 649 g/mol. The number of hydrogen-bond donors (Lipinski definition) is 0. The molecule has 0 aromatic heterocycles. The zero-order valence-corrected chi connectivity index (χ0v) is 24.7. The molecule has 1 amide bonds. The third kappa shape index (κ3) is 6.38. The smallest absolute Gasteiger partial charge is 0.266 e. The molecule has 5 nitrogen and oxygen atoms in total. The van der Waals surface area contributed by atoms with E-state index >= 15 is 0 Å². The Labute approximate surface area is 242 Å². The number of thioether (sulfide) groups is 1. The van der Waals surface area contributed by atoms with Crippen LogP contribution < -0.4 is 9.47 Å². The number of carbonyl (C=O) groups is 1. The number of rotatable bonds is 7. The molecule has 2 aromatic carbocycles. The maximum absolute atomic E-state index is 14.1. The summed E-state index contributed by atoms with van der Waals surface area (Å²) in [4.78, 5) is 21.5. The molecule has 0 unspecified atom stereocenters. The quantitative estimate of drug-likeness (QED) is 0.226. The van der Waals surface area contributed by atoms with Gasteiger partial charge in [0.2, 0.25) is 0 Å². The Hall–Kier alpha value is -2.07. The molecule has 1 saturated heterocycles. The lowest BCUT2D eigenvalue weighted by atomic mass is 9.94. The van der Waals surface area contributed by atoms with E-state index in [0.29, 0.717) is 28.0 Å². The number of benzene rings is 2. The molecule has 0 atom stereocenters. The van der Waals surface area contributed by atoms with E-state index in [0.717, 1.165) is 40.0 Å². The Bertz CT molecular complexity index is 1220. The Balaban J connectivity index is 1.40. The van der Waals surface area contributed by atoms with Gasteiger partial charge in [-0.05, 0) is 89.9 Å². The molecule has 202 valence electrons. The van der Waals surface area contributed by atoms with Gasteiger partial charge in [0.05, 0.1) is 21.6 Å². The first kappa shape index (κ1) is 27.5. The highest BCUT2D eigenvalue weighted by molar-refractivity contribution is 14.1. The zero-order chi connectivity index (χ0) is 26.5. The van der Waals surface area contributed by atoms with Crippen LogP contribution in [0, 0.1) is 9.39 Å². The number of methoxy groups -OCH3 is 1. The first-order chi connectivity index (χ1) is 18.5. The lowest BCUT2D eigenvalue weighted by Gasteiger charge is -2.31. The van der Waals surface area contributed by atoms with Gasteiger partial charge < -0.3 is 9.47 Å². The Morgan fingerprint density at radius 2 is 1.79 bits per heavy atom. The largest absolute Gasteiger partial charge is 0.493 e. The van der Waals surface area contributed by atoms with E-state index in [1.165, 1.54) is 56.4 Å². The van der Waals surface area contributed by atoms with E-state index in [1.807, 2.05) is 23.1 Å². The van der Waals surface area contributed by atoms with Gasteiger partial charge in [0, 0.05) is 11.6 Å². The average Bonchev–Trinajstić information content (AvgIpc) is 3.23.